The molecule has 1 saturated heterocycles. The first-order valence-corrected chi connectivity index (χ1v) is 7.55. The maximum absolute atomic E-state index is 12.3. The van der Waals surface area contributed by atoms with Gasteiger partial charge in [0.1, 0.15) is 6.61 Å². The zero-order valence-corrected chi connectivity index (χ0v) is 13.2. The van der Waals surface area contributed by atoms with Gasteiger partial charge in [-0.2, -0.15) is 0 Å². The number of ether oxygens (including phenoxy) is 1. The molecular weight excluding hydrogens is 348 g/mol. The van der Waals surface area contributed by atoms with E-state index >= 15 is 0 Å². The average molecular weight is 361 g/mol. The number of hydrogen-bond acceptors (Lipinski definition) is 3. The molecule has 1 fully saturated rings. The molecule has 2 aromatic rings. The van der Waals surface area contributed by atoms with E-state index in [1.165, 1.54) is 4.90 Å². The van der Waals surface area contributed by atoms with Crippen molar-refractivity contribution in [2.75, 3.05) is 23.4 Å². The predicted octanol–water partition coefficient (Wildman–Crippen LogP) is 3.66. The minimum absolute atomic E-state index is 0.235. The van der Waals surface area contributed by atoms with Gasteiger partial charge in [0.2, 0.25) is 0 Å². The maximum atomic E-state index is 12.3. The van der Waals surface area contributed by atoms with Gasteiger partial charge in [-0.05, 0) is 46.3 Å². The molecule has 0 bridgehead atoms. The van der Waals surface area contributed by atoms with Crippen LogP contribution >= 0.6 is 15.9 Å². The molecular formula is C16H13BrN2O3. The Bertz CT molecular complexity index is 733. The van der Waals surface area contributed by atoms with Crippen molar-refractivity contribution >= 4 is 39.3 Å². The normalized spacial score (nSPS) is 13.9. The Hall–Kier alpha value is -2.34. The fraction of sp³-hybridized carbons (Fsp3) is 0.125. The molecule has 2 amide bonds. The fourth-order valence-corrected chi connectivity index (χ4v) is 2.58. The van der Waals surface area contributed by atoms with Crippen molar-refractivity contribution in [3.8, 4) is 0 Å². The molecule has 5 nitrogen and oxygen atoms in total. The van der Waals surface area contributed by atoms with Gasteiger partial charge in [-0.25, -0.2) is 4.79 Å². The van der Waals surface area contributed by atoms with E-state index in [1.54, 1.807) is 24.3 Å². The van der Waals surface area contributed by atoms with Crippen molar-refractivity contribution in [2.45, 2.75) is 0 Å². The van der Waals surface area contributed by atoms with Crippen LogP contribution in [-0.4, -0.2) is 25.2 Å². The topological polar surface area (TPSA) is 58.6 Å². The number of anilines is 2. The summed E-state index contributed by atoms with van der Waals surface area (Å²) in [7, 11) is 0. The Balaban J connectivity index is 1.81. The number of amides is 2. The predicted molar refractivity (Wildman–Crippen MR) is 87.2 cm³/mol. The first kappa shape index (κ1) is 14.6. The molecule has 0 saturated carbocycles. The summed E-state index contributed by atoms with van der Waals surface area (Å²) in [5.41, 5.74) is 1.83. The standard InChI is InChI=1S/C16H13BrN2O3/c17-13-6-1-2-7-14(13)18-15(20)11-4-3-5-12(10-11)19-8-9-22-16(19)21/h1-7,10H,8-9H2,(H,18,20). The first-order chi connectivity index (χ1) is 10.6. The molecule has 2 aromatic carbocycles. The first-order valence-electron chi connectivity index (χ1n) is 6.75. The number of halogens is 1. The molecule has 1 heterocycles. The van der Waals surface area contributed by atoms with Crippen molar-refractivity contribution in [2.24, 2.45) is 0 Å². The van der Waals surface area contributed by atoms with Gasteiger partial charge in [0, 0.05) is 15.7 Å². The van der Waals surface area contributed by atoms with Crippen molar-refractivity contribution in [3.63, 3.8) is 0 Å². The number of hydrogen-bond donors (Lipinski definition) is 1. The number of cyclic esters (lactones) is 1. The molecule has 0 atom stereocenters. The second-order valence-corrected chi connectivity index (χ2v) is 5.60. The number of nitrogens with zero attached hydrogens (tertiary/aromatic N) is 1. The summed E-state index contributed by atoms with van der Waals surface area (Å²) in [6, 6.07) is 14.3. The van der Waals surface area contributed by atoms with Gasteiger partial charge in [0.15, 0.2) is 0 Å². The molecule has 0 aliphatic carbocycles. The molecule has 0 radical (unpaired) electrons. The minimum Gasteiger partial charge on any atom is -0.447 e. The van der Waals surface area contributed by atoms with Gasteiger partial charge in [-0.3, -0.25) is 9.69 Å². The van der Waals surface area contributed by atoms with Crippen LogP contribution in [0.15, 0.2) is 53.0 Å². The number of benzene rings is 2. The molecule has 112 valence electrons. The monoisotopic (exact) mass is 360 g/mol. The molecule has 6 heteroatoms. The summed E-state index contributed by atoms with van der Waals surface area (Å²) in [6.45, 7) is 0.861. The second kappa shape index (κ2) is 6.19. The van der Waals surface area contributed by atoms with Crippen LogP contribution in [0.1, 0.15) is 10.4 Å². The van der Waals surface area contributed by atoms with Crippen LogP contribution in [0.4, 0.5) is 16.2 Å². The highest BCUT2D eigenvalue weighted by atomic mass is 79.9. The van der Waals surface area contributed by atoms with E-state index in [-0.39, 0.29) is 12.0 Å². The fourth-order valence-electron chi connectivity index (χ4n) is 2.20. The van der Waals surface area contributed by atoms with E-state index in [0.29, 0.717) is 30.1 Å². The summed E-state index contributed by atoms with van der Waals surface area (Å²) in [6.07, 6.45) is -0.386. The number of para-hydroxylation sites is 1. The summed E-state index contributed by atoms with van der Waals surface area (Å²) >= 11 is 3.39. The molecule has 1 aliphatic heterocycles. The van der Waals surface area contributed by atoms with Gasteiger partial charge in [0.25, 0.3) is 5.91 Å². The van der Waals surface area contributed by atoms with E-state index in [4.69, 9.17) is 4.74 Å². The number of rotatable bonds is 3. The van der Waals surface area contributed by atoms with E-state index in [2.05, 4.69) is 21.2 Å². The van der Waals surface area contributed by atoms with Gasteiger partial charge >= 0.3 is 6.09 Å². The molecule has 0 spiro atoms. The lowest BCUT2D eigenvalue weighted by Crippen LogP contribution is -2.23. The summed E-state index contributed by atoms with van der Waals surface area (Å²) < 4.78 is 5.72. The summed E-state index contributed by atoms with van der Waals surface area (Å²) in [5, 5.41) is 2.83. The van der Waals surface area contributed by atoms with Gasteiger partial charge in [-0.1, -0.05) is 18.2 Å². The third kappa shape index (κ3) is 2.96. The Labute approximate surface area is 136 Å². The highest BCUT2D eigenvalue weighted by Crippen LogP contribution is 2.23. The van der Waals surface area contributed by atoms with Crippen molar-refractivity contribution < 1.29 is 14.3 Å². The summed E-state index contributed by atoms with van der Waals surface area (Å²) in [5.74, 6) is -0.235. The number of carbonyl (C=O) groups is 2. The van der Waals surface area contributed by atoms with E-state index in [9.17, 15) is 9.59 Å². The van der Waals surface area contributed by atoms with Crippen LogP contribution in [0, 0.1) is 0 Å². The van der Waals surface area contributed by atoms with Crippen molar-refractivity contribution in [1.82, 2.24) is 0 Å². The lowest BCUT2D eigenvalue weighted by Gasteiger charge is -2.14. The molecule has 0 aromatic heterocycles. The van der Waals surface area contributed by atoms with Gasteiger partial charge < -0.3 is 10.1 Å². The summed E-state index contributed by atoms with van der Waals surface area (Å²) in [4.78, 5) is 25.4. The number of nitrogens with one attached hydrogen (secondary N) is 1. The lowest BCUT2D eigenvalue weighted by molar-refractivity contribution is 0.102. The van der Waals surface area contributed by atoms with E-state index in [1.807, 2.05) is 24.3 Å². The Kier molecular flexibility index (Phi) is 4.11. The van der Waals surface area contributed by atoms with Crippen molar-refractivity contribution in [1.29, 1.82) is 0 Å². The van der Waals surface area contributed by atoms with Crippen LogP contribution in [-0.2, 0) is 4.74 Å². The third-order valence-electron chi connectivity index (χ3n) is 3.30. The Morgan fingerprint density at radius 3 is 2.73 bits per heavy atom. The third-order valence-corrected chi connectivity index (χ3v) is 3.99. The molecule has 1 N–H and O–H groups in total. The smallest absolute Gasteiger partial charge is 0.414 e. The SMILES string of the molecule is O=C(Nc1ccccc1Br)c1cccc(N2CCOC2=O)c1. The molecule has 3 rings (SSSR count). The largest absolute Gasteiger partial charge is 0.447 e. The minimum atomic E-state index is -0.386. The Morgan fingerprint density at radius 2 is 2.00 bits per heavy atom. The van der Waals surface area contributed by atoms with Crippen molar-refractivity contribution in [3.05, 3.63) is 58.6 Å². The average Bonchev–Trinajstić information content (AvgIpc) is 2.96. The highest BCUT2D eigenvalue weighted by Gasteiger charge is 2.24. The van der Waals surface area contributed by atoms with Crippen LogP contribution in [0.2, 0.25) is 0 Å². The highest BCUT2D eigenvalue weighted by molar-refractivity contribution is 9.10. The van der Waals surface area contributed by atoms with Crippen LogP contribution in [0.5, 0.6) is 0 Å². The van der Waals surface area contributed by atoms with Gasteiger partial charge in [0.05, 0.1) is 12.2 Å². The van der Waals surface area contributed by atoms with Crippen LogP contribution in [0.3, 0.4) is 0 Å². The number of carbonyl (C=O) groups excluding carboxylic acids is 2. The second-order valence-electron chi connectivity index (χ2n) is 4.75. The Morgan fingerprint density at radius 1 is 1.18 bits per heavy atom. The van der Waals surface area contributed by atoms with Gasteiger partial charge in [-0.15, -0.1) is 0 Å². The maximum Gasteiger partial charge on any atom is 0.414 e. The molecule has 0 unspecified atom stereocenters. The van der Waals surface area contributed by atoms with Crippen LogP contribution in [0.25, 0.3) is 0 Å². The van der Waals surface area contributed by atoms with E-state index < -0.39 is 0 Å². The zero-order chi connectivity index (χ0) is 15.5. The molecule has 1 aliphatic rings. The van der Waals surface area contributed by atoms with E-state index in [0.717, 1.165) is 4.47 Å². The quantitative estimate of drug-likeness (QED) is 0.908. The zero-order valence-electron chi connectivity index (χ0n) is 11.6. The molecule has 22 heavy (non-hydrogen) atoms. The van der Waals surface area contributed by atoms with Crippen LogP contribution < -0.4 is 10.2 Å². The lowest BCUT2D eigenvalue weighted by atomic mass is 10.1.